The highest BCUT2D eigenvalue weighted by molar-refractivity contribution is 7.09. The number of nitrogens with zero attached hydrogens (tertiary/aromatic N) is 2. The van der Waals surface area contributed by atoms with E-state index < -0.39 is 0 Å². The molecule has 4 rings (SSSR count). The molecule has 0 atom stereocenters. The second-order valence-corrected chi connectivity index (χ2v) is 8.19. The topological polar surface area (TPSA) is 46.9 Å². The highest BCUT2D eigenvalue weighted by Crippen LogP contribution is 2.49. The van der Waals surface area contributed by atoms with Crippen LogP contribution in [0.4, 0.5) is 0 Å². The van der Waals surface area contributed by atoms with Gasteiger partial charge in [-0.05, 0) is 18.4 Å². The predicted octanol–water partition coefficient (Wildman–Crippen LogP) is 1.12. The van der Waals surface area contributed by atoms with Crippen LogP contribution in [0.1, 0.15) is 23.4 Å². The van der Waals surface area contributed by atoms with Crippen molar-refractivity contribution in [2.45, 2.75) is 24.8 Å². The third-order valence-corrected chi connectivity index (χ3v) is 6.28. The summed E-state index contributed by atoms with van der Waals surface area (Å²) >= 11 is 1.63. The smallest absolute Gasteiger partial charge is 0.233 e. The number of quaternary nitrogens is 1. The van der Waals surface area contributed by atoms with Gasteiger partial charge in [-0.1, -0.05) is 30.3 Å². The van der Waals surface area contributed by atoms with Crippen molar-refractivity contribution in [3.8, 4) is 0 Å². The van der Waals surface area contributed by atoms with Crippen molar-refractivity contribution >= 4 is 17.2 Å². The molecule has 26 heavy (non-hydrogen) atoms. The van der Waals surface area contributed by atoms with Crippen molar-refractivity contribution in [1.29, 1.82) is 0 Å². The van der Waals surface area contributed by atoms with Crippen molar-refractivity contribution < 1.29 is 14.4 Å². The van der Waals surface area contributed by atoms with Gasteiger partial charge in [0.25, 0.3) is 0 Å². The van der Waals surface area contributed by atoms with Gasteiger partial charge in [-0.15, -0.1) is 11.3 Å². The number of hydrogen-bond acceptors (Lipinski definition) is 4. The Morgan fingerprint density at radius 2 is 2.00 bits per heavy atom. The Bertz CT molecular complexity index is 710. The van der Waals surface area contributed by atoms with Crippen molar-refractivity contribution in [1.82, 2.24) is 9.88 Å². The van der Waals surface area contributed by atoms with Crippen LogP contribution in [0, 0.1) is 0 Å². The molecule has 138 valence electrons. The molecule has 1 amide bonds. The first-order chi connectivity index (χ1) is 12.8. The maximum atomic E-state index is 13.5. The number of nitrogens with one attached hydrogen (secondary N) is 1. The molecule has 1 aromatic heterocycles. The number of rotatable bonds is 7. The van der Waals surface area contributed by atoms with Gasteiger partial charge in [-0.3, -0.25) is 4.79 Å². The van der Waals surface area contributed by atoms with Gasteiger partial charge in [0.05, 0.1) is 38.3 Å². The van der Waals surface area contributed by atoms with Crippen LogP contribution in [0.3, 0.4) is 0 Å². The van der Waals surface area contributed by atoms with Crippen molar-refractivity contribution in [3.63, 3.8) is 0 Å². The molecule has 5 nitrogen and oxygen atoms in total. The van der Waals surface area contributed by atoms with Gasteiger partial charge in [0, 0.05) is 11.6 Å². The fraction of sp³-hybridized carbons (Fsp3) is 0.500. The minimum absolute atomic E-state index is 0.270. The molecule has 0 unspecified atom stereocenters. The van der Waals surface area contributed by atoms with Crippen LogP contribution in [0.2, 0.25) is 0 Å². The standard InChI is InChI=1S/C20H25N3O2S/c24-19(20(6-7-20)17-4-2-1-3-5-17)23(16-18-21-8-15-26-18)10-9-22-11-13-25-14-12-22/h1-5,8,15H,6-7,9-14,16H2/p+1. The van der Waals surface area contributed by atoms with Crippen molar-refractivity contribution in [3.05, 3.63) is 52.5 Å². The summed E-state index contributed by atoms with van der Waals surface area (Å²) in [6.07, 6.45) is 3.73. The summed E-state index contributed by atoms with van der Waals surface area (Å²) in [6, 6.07) is 10.3. The average molecular weight is 373 g/mol. The zero-order valence-electron chi connectivity index (χ0n) is 15.0. The summed E-state index contributed by atoms with van der Waals surface area (Å²) in [6.45, 7) is 6.09. The van der Waals surface area contributed by atoms with E-state index in [1.807, 2.05) is 34.7 Å². The minimum Gasteiger partial charge on any atom is -0.370 e. The number of ether oxygens (including phenoxy) is 1. The number of carbonyl (C=O) groups excluding carboxylic acids is 1. The predicted molar refractivity (Wildman–Crippen MR) is 101 cm³/mol. The Labute approximate surface area is 158 Å². The Balaban J connectivity index is 1.49. The first-order valence-corrected chi connectivity index (χ1v) is 10.3. The van der Waals surface area contributed by atoms with Crippen LogP contribution in [0.5, 0.6) is 0 Å². The fourth-order valence-corrected chi connectivity index (χ4v) is 4.39. The third-order valence-electron chi connectivity index (χ3n) is 5.52. The number of benzene rings is 1. The number of hydrogen-bond donors (Lipinski definition) is 1. The van der Waals surface area contributed by atoms with Crippen LogP contribution in [0.15, 0.2) is 41.9 Å². The van der Waals surface area contributed by atoms with Gasteiger partial charge in [-0.2, -0.15) is 0 Å². The van der Waals surface area contributed by atoms with E-state index in [9.17, 15) is 4.79 Å². The second-order valence-electron chi connectivity index (χ2n) is 7.21. The summed E-state index contributed by atoms with van der Waals surface area (Å²) < 4.78 is 5.45. The Morgan fingerprint density at radius 1 is 1.23 bits per heavy atom. The first kappa shape index (κ1) is 17.6. The second kappa shape index (κ2) is 7.86. The molecule has 1 aliphatic heterocycles. The van der Waals surface area contributed by atoms with Crippen LogP contribution in [0.25, 0.3) is 0 Å². The lowest BCUT2D eigenvalue weighted by Crippen LogP contribution is -3.14. The number of aromatic nitrogens is 1. The molecule has 2 fully saturated rings. The average Bonchev–Trinajstić information content (AvgIpc) is 3.36. The monoisotopic (exact) mass is 372 g/mol. The molecule has 1 aliphatic carbocycles. The molecule has 1 saturated carbocycles. The molecule has 6 heteroatoms. The van der Waals surface area contributed by atoms with Gasteiger partial charge in [-0.25, -0.2) is 4.98 Å². The lowest BCUT2D eigenvalue weighted by molar-refractivity contribution is -0.907. The molecule has 2 aliphatic rings. The normalized spacial score (nSPS) is 19.2. The van der Waals surface area contributed by atoms with Crippen LogP contribution in [-0.2, 0) is 21.5 Å². The molecule has 0 radical (unpaired) electrons. The summed E-state index contributed by atoms with van der Waals surface area (Å²) in [5.41, 5.74) is 0.853. The number of carbonyl (C=O) groups is 1. The summed E-state index contributed by atoms with van der Waals surface area (Å²) in [7, 11) is 0. The SMILES string of the molecule is O=C(N(CC[NH+]1CCOCC1)Cc1nccs1)C1(c2ccccc2)CC1. The molecule has 1 aromatic carbocycles. The number of amides is 1. The minimum atomic E-state index is -0.307. The summed E-state index contributed by atoms with van der Waals surface area (Å²) in [4.78, 5) is 21.5. The molecule has 2 heterocycles. The highest BCUT2D eigenvalue weighted by atomic mass is 32.1. The molecule has 0 spiro atoms. The zero-order chi connectivity index (χ0) is 17.8. The molecule has 2 aromatic rings. The lowest BCUT2D eigenvalue weighted by atomic mass is 9.94. The van der Waals surface area contributed by atoms with E-state index in [1.165, 1.54) is 4.90 Å². The number of thiazole rings is 1. The molecule has 1 saturated heterocycles. The first-order valence-electron chi connectivity index (χ1n) is 9.42. The number of morpholine rings is 1. The van der Waals surface area contributed by atoms with E-state index in [0.717, 1.165) is 62.8 Å². The maximum absolute atomic E-state index is 13.5. The van der Waals surface area contributed by atoms with Crippen LogP contribution in [-0.4, -0.2) is 55.2 Å². The van der Waals surface area contributed by atoms with Gasteiger partial charge >= 0.3 is 0 Å². The summed E-state index contributed by atoms with van der Waals surface area (Å²) in [5, 5.41) is 2.99. The Hall–Kier alpha value is -1.76. The van der Waals surface area contributed by atoms with E-state index in [1.54, 1.807) is 11.3 Å². The lowest BCUT2D eigenvalue weighted by Gasteiger charge is -2.30. The van der Waals surface area contributed by atoms with Crippen LogP contribution >= 0.6 is 11.3 Å². The molecule has 1 N–H and O–H groups in total. The maximum Gasteiger partial charge on any atom is 0.233 e. The van der Waals surface area contributed by atoms with Crippen molar-refractivity contribution in [2.24, 2.45) is 0 Å². The van der Waals surface area contributed by atoms with Crippen LogP contribution < -0.4 is 4.90 Å². The van der Waals surface area contributed by atoms with E-state index in [4.69, 9.17) is 4.74 Å². The molecular formula is C20H26N3O2S+. The van der Waals surface area contributed by atoms with Gasteiger partial charge in [0.2, 0.25) is 5.91 Å². The Morgan fingerprint density at radius 3 is 2.65 bits per heavy atom. The zero-order valence-corrected chi connectivity index (χ0v) is 15.8. The van der Waals surface area contributed by atoms with Gasteiger partial charge < -0.3 is 14.5 Å². The van der Waals surface area contributed by atoms with Gasteiger partial charge in [0.1, 0.15) is 18.1 Å². The fourth-order valence-electron chi connectivity index (χ4n) is 3.76. The Kier molecular flexibility index (Phi) is 5.33. The van der Waals surface area contributed by atoms with E-state index in [-0.39, 0.29) is 11.3 Å². The molecule has 0 bridgehead atoms. The largest absolute Gasteiger partial charge is 0.370 e. The van der Waals surface area contributed by atoms with E-state index >= 15 is 0 Å². The quantitative estimate of drug-likeness (QED) is 0.792. The van der Waals surface area contributed by atoms with Gasteiger partial charge in [0.15, 0.2) is 0 Å². The third kappa shape index (κ3) is 3.82. The van der Waals surface area contributed by atoms with Crippen molar-refractivity contribution in [2.75, 3.05) is 39.4 Å². The van der Waals surface area contributed by atoms with E-state index in [2.05, 4.69) is 17.1 Å². The highest BCUT2D eigenvalue weighted by Gasteiger charge is 2.53. The van der Waals surface area contributed by atoms with E-state index in [0.29, 0.717) is 6.54 Å². The molecular weight excluding hydrogens is 346 g/mol. The summed E-state index contributed by atoms with van der Waals surface area (Å²) in [5.74, 6) is 0.270.